The first kappa shape index (κ1) is 13.9. The molecule has 0 bridgehead atoms. The quantitative estimate of drug-likeness (QED) is 0.755. The summed E-state index contributed by atoms with van der Waals surface area (Å²) < 4.78 is 10.6. The van der Waals surface area contributed by atoms with E-state index >= 15 is 0 Å². The SMILES string of the molecule is CCCCC(C(=O)OC)c1cc2cc(Cl)ccc2o1. The number of fused-ring (bicyclic) bond motifs is 1. The average Bonchev–Trinajstić information content (AvgIpc) is 2.81. The van der Waals surface area contributed by atoms with Gasteiger partial charge < -0.3 is 9.15 Å². The molecule has 3 nitrogen and oxygen atoms in total. The first-order valence-corrected chi connectivity index (χ1v) is 6.80. The van der Waals surface area contributed by atoms with Crippen molar-refractivity contribution in [2.75, 3.05) is 7.11 Å². The van der Waals surface area contributed by atoms with Crippen molar-refractivity contribution in [2.45, 2.75) is 32.1 Å². The van der Waals surface area contributed by atoms with Crippen molar-refractivity contribution in [1.82, 2.24) is 0 Å². The van der Waals surface area contributed by atoms with Crippen LogP contribution in [0, 0.1) is 0 Å². The summed E-state index contributed by atoms with van der Waals surface area (Å²) in [6.45, 7) is 2.09. The molecule has 2 aromatic rings. The lowest BCUT2D eigenvalue weighted by Gasteiger charge is -2.11. The lowest BCUT2D eigenvalue weighted by Crippen LogP contribution is -2.13. The Morgan fingerprint density at radius 2 is 2.21 bits per heavy atom. The molecule has 102 valence electrons. The number of hydrogen-bond donors (Lipinski definition) is 0. The van der Waals surface area contributed by atoms with Gasteiger partial charge in [-0.05, 0) is 30.7 Å². The molecule has 1 aromatic carbocycles. The fourth-order valence-electron chi connectivity index (χ4n) is 2.13. The van der Waals surface area contributed by atoms with E-state index in [0.29, 0.717) is 10.8 Å². The molecule has 0 radical (unpaired) electrons. The number of rotatable bonds is 5. The summed E-state index contributed by atoms with van der Waals surface area (Å²) in [6.07, 6.45) is 2.72. The van der Waals surface area contributed by atoms with E-state index in [4.69, 9.17) is 20.8 Å². The van der Waals surface area contributed by atoms with E-state index in [1.165, 1.54) is 7.11 Å². The molecule has 0 fully saturated rings. The highest BCUT2D eigenvalue weighted by atomic mass is 35.5. The fraction of sp³-hybridized carbons (Fsp3) is 0.400. The largest absolute Gasteiger partial charge is 0.468 e. The second-order valence-electron chi connectivity index (χ2n) is 4.55. The van der Waals surface area contributed by atoms with Crippen molar-refractivity contribution in [1.29, 1.82) is 0 Å². The number of carbonyl (C=O) groups is 1. The summed E-state index contributed by atoms with van der Waals surface area (Å²) >= 11 is 5.95. The van der Waals surface area contributed by atoms with E-state index in [-0.39, 0.29) is 11.9 Å². The Hall–Kier alpha value is -1.48. The molecule has 0 amide bonds. The van der Waals surface area contributed by atoms with Gasteiger partial charge in [0.15, 0.2) is 0 Å². The van der Waals surface area contributed by atoms with Crippen molar-refractivity contribution >= 4 is 28.5 Å². The van der Waals surface area contributed by atoms with Crippen molar-refractivity contribution in [3.05, 3.63) is 35.0 Å². The number of halogens is 1. The van der Waals surface area contributed by atoms with E-state index in [1.54, 1.807) is 6.07 Å². The van der Waals surface area contributed by atoms with E-state index in [9.17, 15) is 4.79 Å². The molecule has 1 atom stereocenters. The predicted molar refractivity (Wildman–Crippen MR) is 75.5 cm³/mol. The zero-order valence-electron chi connectivity index (χ0n) is 11.1. The molecular formula is C15H17ClO3. The first-order chi connectivity index (χ1) is 9.15. The molecule has 19 heavy (non-hydrogen) atoms. The van der Waals surface area contributed by atoms with Crippen LogP contribution in [0.5, 0.6) is 0 Å². The number of unbranched alkanes of at least 4 members (excludes halogenated alkanes) is 1. The van der Waals surface area contributed by atoms with Gasteiger partial charge in [-0.1, -0.05) is 31.4 Å². The van der Waals surface area contributed by atoms with Crippen LogP contribution in [0.3, 0.4) is 0 Å². The molecule has 0 saturated heterocycles. The molecule has 0 aliphatic heterocycles. The fourth-order valence-corrected chi connectivity index (χ4v) is 2.31. The number of esters is 1. The molecule has 4 heteroatoms. The first-order valence-electron chi connectivity index (χ1n) is 6.42. The van der Waals surface area contributed by atoms with Crippen LogP contribution in [0.15, 0.2) is 28.7 Å². The van der Waals surface area contributed by atoms with Gasteiger partial charge >= 0.3 is 5.97 Å². The van der Waals surface area contributed by atoms with Gasteiger partial charge in [0, 0.05) is 10.4 Å². The zero-order valence-corrected chi connectivity index (χ0v) is 11.9. The molecule has 0 aliphatic carbocycles. The summed E-state index contributed by atoms with van der Waals surface area (Å²) in [5.41, 5.74) is 0.741. The minimum absolute atomic E-state index is 0.251. The molecule has 0 N–H and O–H groups in total. The lowest BCUT2D eigenvalue weighted by molar-refractivity contribution is -0.143. The maximum atomic E-state index is 11.9. The summed E-state index contributed by atoms with van der Waals surface area (Å²) in [5.74, 6) is 0.0623. The van der Waals surface area contributed by atoms with Crippen LogP contribution in [0.25, 0.3) is 11.0 Å². The van der Waals surface area contributed by atoms with E-state index < -0.39 is 0 Å². The molecule has 0 saturated carbocycles. The van der Waals surface area contributed by atoms with Crippen molar-refractivity contribution < 1.29 is 13.9 Å². The number of hydrogen-bond acceptors (Lipinski definition) is 3. The molecule has 1 heterocycles. The number of benzene rings is 1. The third-order valence-corrected chi connectivity index (χ3v) is 3.41. The van der Waals surface area contributed by atoms with Gasteiger partial charge in [-0.2, -0.15) is 0 Å². The molecule has 2 rings (SSSR count). The van der Waals surface area contributed by atoms with Gasteiger partial charge in [-0.3, -0.25) is 4.79 Å². The van der Waals surface area contributed by atoms with Gasteiger partial charge in [0.2, 0.25) is 0 Å². The maximum absolute atomic E-state index is 11.9. The number of methoxy groups -OCH3 is 1. The van der Waals surface area contributed by atoms with E-state index in [0.717, 1.165) is 30.2 Å². The standard InChI is InChI=1S/C15H17ClO3/c1-3-4-5-12(15(17)18-2)14-9-10-8-11(16)6-7-13(10)19-14/h6-9,12H,3-5H2,1-2H3. The maximum Gasteiger partial charge on any atom is 0.316 e. The van der Waals surface area contributed by atoms with Crippen molar-refractivity contribution in [3.63, 3.8) is 0 Å². The van der Waals surface area contributed by atoms with Gasteiger partial charge in [0.25, 0.3) is 0 Å². The second-order valence-corrected chi connectivity index (χ2v) is 4.99. The second kappa shape index (κ2) is 6.11. The molecular weight excluding hydrogens is 264 g/mol. The Morgan fingerprint density at radius 1 is 1.42 bits per heavy atom. The van der Waals surface area contributed by atoms with Gasteiger partial charge in [0.05, 0.1) is 7.11 Å². The van der Waals surface area contributed by atoms with Crippen LogP contribution in [-0.4, -0.2) is 13.1 Å². The highest BCUT2D eigenvalue weighted by Gasteiger charge is 2.24. The predicted octanol–water partition coefficient (Wildman–Crippen LogP) is 4.53. The smallest absolute Gasteiger partial charge is 0.316 e. The number of ether oxygens (including phenoxy) is 1. The lowest BCUT2D eigenvalue weighted by atomic mass is 9.99. The van der Waals surface area contributed by atoms with E-state index in [2.05, 4.69) is 6.92 Å². The highest BCUT2D eigenvalue weighted by Crippen LogP contribution is 2.30. The van der Waals surface area contributed by atoms with Crippen LogP contribution >= 0.6 is 11.6 Å². The Kier molecular flexibility index (Phi) is 4.48. The molecule has 0 aliphatic rings. The molecule has 0 spiro atoms. The van der Waals surface area contributed by atoms with Crippen LogP contribution in [0.1, 0.15) is 37.9 Å². The van der Waals surface area contributed by atoms with Gasteiger partial charge in [0.1, 0.15) is 17.3 Å². The third-order valence-electron chi connectivity index (χ3n) is 3.17. The van der Waals surface area contributed by atoms with Crippen LogP contribution in [0.2, 0.25) is 5.02 Å². The van der Waals surface area contributed by atoms with E-state index in [1.807, 2.05) is 18.2 Å². The van der Waals surface area contributed by atoms with Gasteiger partial charge in [-0.15, -0.1) is 0 Å². The molecule has 1 unspecified atom stereocenters. The highest BCUT2D eigenvalue weighted by molar-refractivity contribution is 6.31. The van der Waals surface area contributed by atoms with Crippen LogP contribution in [0.4, 0.5) is 0 Å². The Balaban J connectivity index is 2.35. The number of furan rings is 1. The summed E-state index contributed by atoms with van der Waals surface area (Å²) in [5, 5.41) is 1.57. The Bertz CT molecular complexity index is 574. The normalized spacial score (nSPS) is 12.6. The summed E-state index contributed by atoms with van der Waals surface area (Å²) in [7, 11) is 1.40. The Labute approximate surface area is 117 Å². The Morgan fingerprint density at radius 3 is 2.89 bits per heavy atom. The molecule has 1 aromatic heterocycles. The van der Waals surface area contributed by atoms with Gasteiger partial charge in [-0.25, -0.2) is 0 Å². The van der Waals surface area contributed by atoms with Crippen molar-refractivity contribution in [3.8, 4) is 0 Å². The van der Waals surface area contributed by atoms with Crippen LogP contribution in [-0.2, 0) is 9.53 Å². The van der Waals surface area contributed by atoms with Crippen LogP contribution < -0.4 is 0 Å². The summed E-state index contributed by atoms with van der Waals surface area (Å²) in [6, 6.07) is 7.29. The number of carbonyl (C=O) groups excluding carboxylic acids is 1. The van der Waals surface area contributed by atoms with Crippen molar-refractivity contribution in [2.24, 2.45) is 0 Å². The minimum atomic E-state index is -0.337. The average molecular weight is 281 g/mol. The minimum Gasteiger partial charge on any atom is -0.468 e. The monoisotopic (exact) mass is 280 g/mol. The third kappa shape index (κ3) is 3.10. The summed E-state index contributed by atoms with van der Waals surface area (Å²) in [4.78, 5) is 11.9. The topological polar surface area (TPSA) is 39.4 Å². The zero-order chi connectivity index (χ0) is 13.8.